The minimum Gasteiger partial charge on any atom is -0.456 e. The van der Waals surface area contributed by atoms with E-state index < -0.39 is 0 Å². The van der Waals surface area contributed by atoms with Crippen LogP contribution in [0.3, 0.4) is 0 Å². The Kier molecular flexibility index (Phi) is 2.28. The summed E-state index contributed by atoms with van der Waals surface area (Å²) in [6.45, 7) is 2.63. The summed E-state index contributed by atoms with van der Waals surface area (Å²) in [5.74, 6) is 0. The number of aryl methyl sites for hydroxylation is 1. The molecular formula is C12H14O2. The fourth-order valence-electron chi connectivity index (χ4n) is 2.12. The number of benzene rings is 1. The average molecular weight is 190 g/mol. The zero-order valence-electron chi connectivity index (χ0n) is 8.32. The van der Waals surface area contributed by atoms with Crippen molar-refractivity contribution in [1.82, 2.24) is 0 Å². The first-order valence-electron chi connectivity index (χ1n) is 4.96. The van der Waals surface area contributed by atoms with Gasteiger partial charge in [-0.05, 0) is 37.3 Å². The number of carbonyl (C=O) groups is 1. The second-order valence-electron chi connectivity index (χ2n) is 3.88. The molecule has 0 heterocycles. The van der Waals surface area contributed by atoms with Gasteiger partial charge in [-0.15, -0.1) is 0 Å². The van der Waals surface area contributed by atoms with Crippen molar-refractivity contribution < 1.29 is 9.53 Å². The average Bonchev–Trinajstić information content (AvgIpc) is 2.13. The Labute approximate surface area is 83.9 Å². The van der Waals surface area contributed by atoms with Crippen LogP contribution in [0.25, 0.3) is 0 Å². The van der Waals surface area contributed by atoms with Gasteiger partial charge in [-0.3, -0.25) is 4.79 Å². The van der Waals surface area contributed by atoms with Gasteiger partial charge in [-0.25, -0.2) is 0 Å². The monoisotopic (exact) mass is 190 g/mol. The first-order valence-corrected chi connectivity index (χ1v) is 4.96. The zero-order valence-corrected chi connectivity index (χ0v) is 8.32. The zero-order chi connectivity index (χ0) is 10.0. The third kappa shape index (κ3) is 1.31. The second-order valence-corrected chi connectivity index (χ2v) is 3.88. The molecule has 0 aromatic heterocycles. The van der Waals surface area contributed by atoms with Gasteiger partial charge in [0.2, 0.25) is 0 Å². The Morgan fingerprint density at radius 3 is 2.57 bits per heavy atom. The van der Waals surface area contributed by atoms with E-state index in [0.29, 0.717) is 6.47 Å². The smallest absolute Gasteiger partial charge is 0.293 e. The van der Waals surface area contributed by atoms with Gasteiger partial charge in [0.25, 0.3) is 6.47 Å². The molecule has 2 heteroatoms. The van der Waals surface area contributed by atoms with Crippen LogP contribution in [0.4, 0.5) is 0 Å². The Balaban J connectivity index is 2.36. The second kappa shape index (κ2) is 3.45. The van der Waals surface area contributed by atoms with Crippen molar-refractivity contribution in [3.63, 3.8) is 0 Å². The summed E-state index contributed by atoms with van der Waals surface area (Å²) in [5.41, 5.74) is 2.06. The van der Waals surface area contributed by atoms with Crippen LogP contribution in [0.5, 0.6) is 0 Å². The van der Waals surface area contributed by atoms with E-state index in [1.807, 2.05) is 12.1 Å². The molecule has 0 spiro atoms. The molecule has 14 heavy (non-hydrogen) atoms. The Morgan fingerprint density at radius 1 is 1.36 bits per heavy atom. The lowest BCUT2D eigenvalue weighted by atomic mass is 9.73. The van der Waals surface area contributed by atoms with Crippen LogP contribution in [0, 0.1) is 6.92 Å². The van der Waals surface area contributed by atoms with Crippen molar-refractivity contribution in [1.29, 1.82) is 0 Å². The standard InChI is InChI=1S/C12H14O2/c1-10-5-2-3-6-11(10)12(14-9-13)7-4-8-12/h2-3,5-6,9H,4,7-8H2,1H3. The molecule has 1 aromatic carbocycles. The Bertz CT molecular complexity index is 340. The minimum absolute atomic E-state index is 0.312. The Hall–Kier alpha value is -1.31. The molecule has 0 N–H and O–H groups in total. The van der Waals surface area contributed by atoms with Gasteiger partial charge < -0.3 is 4.74 Å². The predicted octanol–water partition coefficient (Wildman–Crippen LogP) is 2.55. The highest BCUT2D eigenvalue weighted by Crippen LogP contribution is 2.45. The predicted molar refractivity (Wildman–Crippen MR) is 53.9 cm³/mol. The number of hydrogen-bond donors (Lipinski definition) is 0. The molecule has 1 aliphatic rings. The quantitative estimate of drug-likeness (QED) is 0.685. The summed E-state index contributed by atoms with van der Waals surface area (Å²) >= 11 is 0. The van der Waals surface area contributed by atoms with Gasteiger partial charge in [-0.2, -0.15) is 0 Å². The molecule has 74 valence electrons. The SMILES string of the molecule is Cc1ccccc1C1(OC=O)CCC1. The molecule has 0 unspecified atom stereocenters. The van der Waals surface area contributed by atoms with Gasteiger partial charge >= 0.3 is 0 Å². The van der Waals surface area contributed by atoms with Gasteiger partial charge in [0.05, 0.1) is 0 Å². The molecule has 0 saturated heterocycles. The fraction of sp³-hybridized carbons (Fsp3) is 0.417. The number of rotatable bonds is 3. The van der Waals surface area contributed by atoms with Gasteiger partial charge in [-0.1, -0.05) is 24.3 Å². The van der Waals surface area contributed by atoms with Crippen LogP contribution < -0.4 is 0 Å². The molecule has 2 nitrogen and oxygen atoms in total. The molecule has 1 aliphatic carbocycles. The van der Waals surface area contributed by atoms with Crippen LogP contribution in [0.2, 0.25) is 0 Å². The van der Waals surface area contributed by atoms with Crippen LogP contribution in [-0.4, -0.2) is 6.47 Å². The molecule has 0 atom stereocenters. The van der Waals surface area contributed by atoms with Crippen LogP contribution >= 0.6 is 0 Å². The lowest BCUT2D eigenvalue weighted by Gasteiger charge is -2.41. The van der Waals surface area contributed by atoms with E-state index in [1.165, 1.54) is 11.1 Å². The van der Waals surface area contributed by atoms with Crippen molar-refractivity contribution in [2.24, 2.45) is 0 Å². The van der Waals surface area contributed by atoms with E-state index in [1.54, 1.807) is 0 Å². The van der Waals surface area contributed by atoms with Crippen LogP contribution in [0.1, 0.15) is 30.4 Å². The van der Waals surface area contributed by atoms with E-state index >= 15 is 0 Å². The number of hydrogen-bond acceptors (Lipinski definition) is 2. The highest BCUT2D eigenvalue weighted by molar-refractivity contribution is 5.43. The van der Waals surface area contributed by atoms with Gasteiger partial charge in [0.15, 0.2) is 0 Å². The molecule has 2 rings (SSSR count). The summed E-state index contributed by atoms with van der Waals surface area (Å²) in [5, 5.41) is 0. The number of carbonyl (C=O) groups excluding carboxylic acids is 1. The largest absolute Gasteiger partial charge is 0.456 e. The lowest BCUT2D eigenvalue weighted by Crippen LogP contribution is -2.37. The third-order valence-electron chi connectivity index (χ3n) is 3.07. The van der Waals surface area contributed by atoms with Crippen molar-refractivity contribution in [3.05, 3.63) is 35.4 Å². The van der Waals surface area contributed by atoms with Crippen LogP contribution in [-0.2, 0) is 15.1 Å². The van der Waals surface area contributed by atoms with Gasteiger partial charge in [0.1, 0.15) is 5.60 Å². The maximum Gasteiger partial charge on any atom is 0.293 e. The van der Waals surface area contributed by atoms with Crippen LogP contribution in [0.15, 0.2) is 24.3 Å². The van der Waals surface area contributed by atoms with E-state index in [9.17, 15) is 4.79 Å². The van der Waals surface area contributed by atoms with E-state index in [-0.39, 0.29) is 5.60 Å². The summed E-state index contributed by atoms with van der Waals surface area (Å²) in [4.78, 5) is 10.5. The van der Waals surface area contributed by atoms with Crippen molar-refractivity contribution in [3.8, 4) is 0 Å². The van der Waals surface area contributed by atoms with E-state index in [0.717, 1.165) is 19.3 Å². The molecule has 0 aliphatic heterocycles. The maximum atomic E-state index is 10.5. The molecule has 0 amide bonds. The third-order valence-corrected chi connectivity index (χ3v) is 3.07. The lowest BCUT2D eigenvalue weighted by molar-refractivity contribution is -0.155. The van der Waals surface area contributed by atoms with Crippen molar-refractivity contribution in [2.75, 3.05) is 0 Å². The van der Waals surface area contributed by atoms with E-state index in [2.05, 4.69) is 19.1 Å². The summed E-state index contributed by atoms with van der Waals surface area (Å²) < 4.78 is 5.25. The molecule has 0 bridgehead atoms. The molecular weight excluding hydrogens is 176 g/mol. The molecule has 1 saturated carbocycles. The first-order chi connectivity index (χ1) is 6.78. The molecule has 0 radical (unpaired) electrons. The van der Waals surface area contributed by atoms with Crippen molar-refractivity contribution in [2.45, 2.75) is 31.8 Å². The summed E-state index contributed by atoms with van der Waals surface area (Å²) in [7, 11) is 0. The topological polar surface area (TPSA) is 26.3 Å². The Morgan fingerprint density at radius 2 is 2.07 bits per heavy atom. The highest BCUT2D eigenvalue weighted by atomic mass is 16.5. The normalized spacial score (nSPS) is 18.4. The highest BCUT2D eigenvalue weighted by Gasteiger charge is 2.41. The fourth-order valence-corrected chi connectivity index (χ4v) is 2.12. The van der Waals surface area contributed by atoms with Crippen molar-refractivity contribution >= 4 is 6.47 Å². The summed E-state index contributed by atoms with van der Waals surface area (Å²) in [6, 6.07) is 8.12. The molecule has 1 fully saturated rings. The van der Waals surface area contributed by atoms with Gasteiger partial charge in [0, 0.05) is 0 Å². The maximum absolute atomic E-state index is 10.5. The minimum atomic E-state index is -0.312. The van der Waals surface area contributed by atoms with E-state index in [4.69, 9.17) is 4.74 Å². The summed E-state index contributed by atoms with van der Waals surface area (Å²) in [6.07, 6.45) is 3.05. The molecule has 1 aromatic rings. The first kappa shape index (κ1) is 9.25. The number of ether oxygens (including phenoxy) is 1.